The lowest BCUT2D eigenvalue weighted by Crippen LogP contribution is -1.88. The van der Waals surface area contributed by atoms with Gasteiger partial charge in [0.15, 0.2) is 0 Å². The maximum Gasteiger partial charge on any atom is 0.403 e. The number of halogens is 2. The zero-order valence-corrected chi connectivity index (χ0v) is 13.5. The van der Waals surface area contributed by atoms with Crippen LogP contribution in [0.3, 0.4) is 0 Å². The molecule has 0 saturated heterocycles. The molecule has 0 spiro atoms. The van der Waals surface area contributed by atoms with Crippen LogP contribution in [-0.4, -0.2) is 51.2 Å². The van der Waals surface area contributed by atoms with Gasteiger partial charge in [0.2, 0.25) is 0 Å². The Morgan fingerprint density at radius 2 is 0.700 bits per heavy atom. The number of hydrogen-bond donors (Lipinski definition) is 0. The van der Waals surface area contributed by atoms with Crippen LogP contribution in [0.2, 0.25) is 0 Å². The van der Waals surface area contributed by atoms with Crippen molar-refractivity contribution in [3.63, 3.8) is 0 Å². The van der Waals surface area contributed by atoms with Gasteiger partial charge in [-0.15, -0.1) is 0 Å². The summed E-state index contributed by atoms with van der Waals surface area (Å²) in [5.41, 5.74) is -1.55. The van der Waals surface area contributed by atoms with E-state index in [-0.39, 0.29) is 11.9 Å². The Hall–Kier alpha value is -1.54. The predicted molar refractivity (Wildman–Crippen MR) is 71.9 cm³/mol. The van der Waals surface area contributed by atoms with Crippen molar-refractivity contribution in [1.29, 1.82) is 0 Å². The van der Waals surface area contributed by atoms with Crippen LogP contribution in [0.1, 0.15) is 13.8 Å². The molecule has 0 aliphatic rings. The molecule has 0 aromatic carbocycles. The number of carbonyl (C=O) groups excluding carboxylic acids is 4. The molecule has 0 aliphatic heterocycles. The van der Waals surface area contributed by atoms with Gasteiger partial charge in [0.05, 0.1) is 28.4 Å². The molecule has 8 nitrogen and oxygen atoms in total. The molecular formula is C10H18Cl2O8. The van der Waals surface area contributed by atoms with Crippen LogP contribution in [0.4, 0.5) is 9.59 Å². The highest BCUT2D eigenvalue weighted by Crippen LogP contribution is 1.78. The highest BCUT2D eigenvalue weighted by molar-refractivity contribution is 6.61. The van der Waals surface area contributed by atoms with Crippen LogP contribution >= 0.6 is 23.2 Å². The van der Waals surface area contributed by atoms with E-state index in [9.17, 15) is 19.2 Å². The van der Waals surface area contributed by atoms with Gasteiger partial charge >= 0.3 is 22.8 Å². The monoisotopic (exact) mass is 336 g/mol. The third-order valence-electron chi connectivity index (χ3n) is 0.896. The Bertz CT molecular complexity index is 224. The van der Waals surface area contributed by atoms with E-state index in [0.29, 0.717) is 0 Å². The van der Waals surface area contributed by atoms with Crippen molar-refractivity contribution in [2.24, 2.45) is 0 Å². The first-order valence-corrected chi connectivity index (χ1v) is 5.40. The SMILES string of the molecule is COC(=O)Cl.COC(=O)Cl.COC(C)=O.COC(C)=O. The maximum absolute atomic E-state index is 9.59. The van der Waals surface area contributed by atoms with Crippen molar-refractivity contribution in [3.05, 3.63) is 0 Å². The van der Waals surface area contributed by atoms with Crippen molar-refractivity contribution >= 4 is 46.0 Å². The van der Waals surface area contributed by atoms with Gasteiger partial charge in [-0.3, -0.25) is 9.59 Å². The third kappa shape index (κ3) is 94.3. The second kappa shape index (κ2) is 22.6. The summed E-state index contributed by atoms with van der Waals surface area (Å²) in [5, 5.41) is 0. The normalized spacial score (nSPS) is 6.80. The molecule has 0 atom stereocenters. The second-order valence-electron chi connectivity index (χ2n) is 2.27. The van der Waals surface area contributed by atoms with Crippen molar-refractivity contribution < 1.29 is 38.1 Å². The molecular weight excluding hydrogens is 319 g/mol. The number of carbonyl (C=O) groups is 4. The Kier molecular flexibility index (Phi) is 30.4. The smallest absolute Gasteiger partial charge is 0.403 e. The van der Waals surface area contributed by atoms with Crippen molar-refractivity contribution in [3.8, 4) is 0 Å². The average molecular weight is 337 g/mol. The van der Waals surface area contributed by atoms with E-state index < -0.39 is 10.9 Å². The first-order valence-electron chi connectivity index (χ1n) is 4.64. The maximum atomic E-state index is 9.59. The zero-order chi connectivity index (χ0) is 17.1. The molecule has 20 heavy (non-hydrogen) atoms. The highest BCUT2D eigenvalue weighted by Gasteiger charge is 1.81. The summed E-state index contributed by atoms with van der Waals surface area (Å²) in [6.07, 6.45) is 0. The molecule has 0 amide bonds. The Morgan fingerprint density at radius 3 is 0.700 bits per heavy atom. The Balaban J connectivity index is -0.0000000853. The van der Waals surface area contributed by atoms with Gasteiger partial charge in [0.25, 0.3) is 0 Å². The fourth-order valence-electron chi connectivity index (χ4n) is 0. The lowest BCUT2D eigenvalue weighted by atomic mass is 10.8. The van der Waals surface area contributed by atoms with E-state index in [2.05, 4.69) is 42.1 Å². The number of rotatable bonds is 0. The minimum absolute atomic E-state index is 0.245. The molecule has 0 N–H and O–H groups in total. The summed E-state index contributed by atoms with van der Waals surface area (Å²) in [4.78, 5) is 37.9. The summed E-state index contributed by atoms with van der Waals surface area (Å²) < 4.78 is 16.0. The van der Waals surface area contributed by atoms with Gasteiger partial charge in [-0.05, 0) is 0 Å². The molecule has 0 rings (SSSR count). The summed E-state index contributed by atoms with van der Waals surface area (Å²) in [6.45, 7) is 2.72. The number of esters is 2. The molecule has 10 heteroatoms. The standard InChI is InChI=1S/2C3H6O2.2C2H3ClO2/c2*1-3(4)5-2;2*1-5-2(3)4/h2*1-2H3;2*1H3. The van der Waals surface area contributed by atoms with E-state index in [1.165, 1.54) is 42.3 Å². The number of hydrogen-bond acceptors (Lipinski definition) is 8. The summed E-state index contributed by atoms with van der Waals surface area (Å²) in [7, 11) is 5.13. The minimum Gasteiger partial charge on any atom is -0.469 e. The minimum atomic E-state index is -0.773. The summed E-state index contributed by atoms with van der Waals surface area (Å²) in [5.74, 6) is -0.491. The molecule has 0 aliphatic carbocycles. The first kappa shape index (κ1) is 26.9. The quantitative estimate of drug-likeness (QED) is 0.377. The van der Waals surface area contributed by atoms with E-state index in [4.69, 9.17) is 0 Å². The van der Waals surface area contributed by atoms with Crippen molar-refractivity contribution in [2.75, 3.05) is 28.4 Å². The van der Waals surface area contributed by atoms with Gasteiger partial charge in [-0.2, -0.15) is 0 Å². The molecule has 0 heterocycles. The first-order chi connectivity index (χ1) is 9.08. The highest BCUT2D eigenvalue weighted by atomic mass is 35.5. The molecule has 0 aromatic heterocycles. The van der Waals surface area contributed by atoms with E-state index in [0.717, 1.165) is 0 Å². The fourth-order valence-corrected chi connectivity index (χ4v) is 0. The number of ether oxygens (including phenoxy) is 4. The number of methoxy groups -OCH3 is 4. The van der Waals surface area contributed by atoms with E-state index in [1.807, 2.05) is 0 Å². The van der Waals surface area contributed by atoms with Crippen LogP contribution in [0.5, 0.6) is 0 Å². The van der Waals surface area contributed by atoms with Gasteiger partial charge in [0, 0.05) is 37.0 Å². The van der Waals surface area contributed by atoms with Crippen LogP contribution in [0.25, 0.3) is 0 Å². The molecule has 0 unspecified atom stereocenters. The largest absolute Gasteiger partial charge is 0.469 e. The van der Waals surface area contributed by atoms with E-state index in [1.54, 1.807) is 0 Å². The van der Waals surface area contributed by atoms with Crippen LogP contribution in [-0.2, 0) is 28.5 Å². The molecule has 0 aromatic rings. The topological polar surface area (TPSA) is 105 Å². The Morgan fingerprint density at radius 1 is 0.600 bits per heavy atom. The molecule has 0 bridgehead atoms. The van der Waals surface area contributed by atoms with Gasteiger partial charge in [-0.25, -0.2) is 9.59 Å². The predicted octanol–water partition coefficient (Wildman–Crippen LogP) is 2.34. The lowest BCUT2D eigenvalue weighted by Gasteiger charge is -1.80. The van der Waals surface area contributed by atoms with E-state index >= 15 is 0 Å². The average Bonchev–Trinajstić information content (AvgIpc) is 2.40. The third-order valence-corrected chi connectivity index (χ3v) is 1.20. The van der Waals surface area contributed by atoms with Crippen LogP contribution in [0.15, 0.2) is 0 Å². The zero-order valence-electron chi connectivity index (χ0n) is 12.0. The van der Waals surface area contributed by atoms with Crippen molar-refractivity contribution in [2.45, 2.75) is 13.8 Å². The summed E-state index contributed by atoms with van der Waals surface area (Å²) >= 11 is 9.20. The molecule has 120 valence electrons. The molecule has 0 fully saturated rings. The van der Waals surface area contributed by atoms with Gasteiger partial charge in [-0.1, -0.05) is 0 Å². The second-order valence-corrected chi connectivity index (χ2v) is 2.89. The van der Waals surface area contributed by atoms with Gasteiger partial charge in [0.1, 0.15) is 0 Å². The van der Waals surface area contributed by atoms with Gasteiger partial charge < -0.3 is 18.9 Å². The van der Waals surface area contributed by atoms with Crippen LogP contribution in [0, 0.1) is 0 Å². The molecule has 0 radical (unpaired) electrons. The lowest BCUT2D eigenvalue weighted by molar-refractivity contribution is -0.138. The van der Waals surface area contributed by atoms with Crippen LogP contribution < -0.4 is 0 Å². The Labute approximate surface area is 127 Å². The fraction of sp³-hybridized carbons (Fsp3) is 0.600. The molecule has 0 saturated carbocycles. The van der Waals surface area contributed by atoms with Crippen molar-refractivity contribution in [1.82, 2.24) is 0 Å². The summed E-state index contributed by atoms with van der Waals surface area (Å²) in [6, 6.07) is 0.